The Bertz CT molecular complexity index is 1210. The van der Waals surface area contributed by atoms with Crippen LogP contribution in [0.25, 0.3) is 0 Å². The van der Waals surface area contributed by atoms with E-state index in [1.165, 1.54) is 238 Å². The van der Waals surface area contributed by atoms with Crippen LogP contribution in [-0.4, -0.2) is 37.2 Å². The summed E-state index contributed by atoms with van der Waals surface area (Å²) in [5.41, 5.74) is 0. The summed E-state index contributed by atoms with van der Waals surface area (Å²) in [6.07, 6.45) is 75.0. The molecular weight excluding hydrogens is 889 g/mol. The summed E-state index contributed by atoms with van der Waals surface area (Å²) >= 11 is 0. The lowest BCUT2D eigenvalue weighted by molar-refractivity contribution is -0.167. The third-order valence-electron chi connectivity index (χ3n) is 14.4. The van der Waals surface area contributed by atoms with E-state index >= 15 is 0 Å². The SMILES string of the molecule is CCCCCCC/C=C\C/C=C\CCCCCCCCCCCCCCCCCCCCCC(=O)OCC(COC(=O)CCCCCCC)OC(=O)CCCCCCCCC/C=C\CCCCCCCCC. The van der Waals surface area contributed by atoms with Crippen LogP contribution in [0.5, 0.6) is 0 Å². The fraction of sp³-hybridized carbons (Fsp3) is 0.864. The average molecular weight is 1010 g/mol. The number of esters is 3. The normalized spacial score (nSPS) is 12.2. The minimum Gasteiger partial charge on any atom is -0.462 e. The van der Waals surface area contributed by atoms with Gasteiger partial charge in [0.25, 0.3) is 0 Å². The van der Waals surface area contributed by atoms with E-state index in [2.05, 4.69) is 57.2 Å². The molecule has 422 valence electrons. The molecule has 72 heavy (non-hydrogen) atoms. The van der Waals surface area contributed by atoms with E-state index in [1.54, 1.807) is 0 Å². The number of rotatable bonds is 59. The molecule has 0 fully saturated rings. The number of ether oxygens (including phenoxy) is 3. The van der Waals surface area contributed by atoms with Gasteiger partial charge < -0.3 is 14.2 Å². The minimum absolute atomic E-state index is 0.0700. The van der Waals surface area contributed by atoms with E-state index in [0.29, 0.717) is 19.3 Å². The molecule has 1 unspecified atom stereocenters. The largest absolute Gasteiger partial charge is 0.462 e. The van der Waals surface area contributed by atoms with Crippen LogP contribution in [0.4, 0.5) is 0 Å². The maximum Gasteiger partial charge on any atom is 0.306 e. The molecule has 0 aromatic rings. The fourth-order valence-electron chi connectivity index (χ4n) is 9.53. The summed E-state index contributed by atoms with van der Waals surface area (Å²) in [6, 6.07) is 0. The number of unbranched alkanes of at least 4 members (excludes halogenated alkanes) is 42. The van der Waals surface area contributed by atoms with E-state index in [9.17, 15) is 14.4 Å². The number of hydrogen-bond acceptors (Lipinski definition) is 6. The van der Waals surface area contributed by atoms with Crippen molar-refractivity contribution >= 4 is 17.9 Å². The molecule has 6 heteroatoms. The van der Waals surface area contributed by atoms with Gasteiger partial charge in [-0.3, -0.25) is 14.4 Å². The summed E-state index contributed by atoms with van der Waals surface area (Å²) in [5.74, 6) is -0.870. The summed E-state index contributed by atoms with van der Waals surface area (Å²) < 4.78 is 16.8. The van der Waals surface area contributed by atoms with Gasteiger partial charge in [0.05, 0.1) is 0 Å². The summed E-state index contributed by atoms with van der Waals surface area (Å²) in [7, 11) is 0. The molecule has 0 aliphatic rings. The third-order valence-corrected chi connectivity index (χ3v) is 14.4. The van der Waals surface area contributed by atoms with Gasteiger partial charge in [-0.2, -0.15) is 0 Å². The Morgan fingerprint density at radius 3 is 0.778 bits per heavy atom. The van der Waals surface area contributed by atoms with E-state index in [-0.39, 0.29) is 31.1 Å². The van der Waals surface area contributed by atoms with Crippen molar-refractivity contribution < 1.29 is 28.6 Å². The van der Waals surface area contributed by atoms with Gasteiger partial charge in [0.15, 0.2) is 6.10 Å². The molecule has 0 N–H and O–H groups in total. The lowest BCUT2D eigenvalue weighted by Gasteiger charge is -2.18. The fourth-order valence-corrected chi connectivity index (χ4v) is 9.53. The molecule has 1 atom stereocenters. The highest BCUT2D eigenvalue weighted by Crippen LogP contribution is 2.17. The van der Waals surface area contributed by atoms with Crippen molar-refractivity contribution in [1.29, 1.82) is 0 Å². The quantitative estimate of drug-likeness (QED) is 0.0261. The summed E-state index contributed by atoms with van der Waals surface area (Å²) in [6.45, 7) is 6.59. The molecule has 0 aromatic heterocycles. The van der Waals surface area contributed by atoms with E-state index in [4.69, 9.17) is 14.2 Å². The monoisotopic (exact) mass is 1010 g/mol. The molecule has 0 amide bonds. The van der Waals surface area contributed by atoms with Gasteiger partial charge in [-0.05, 0) is 77.0 Å². The zero-order valence-electron chi connectivity index (χ0n) is 48.5. The van der Waals surface area contributed by atoms with E-state index in [1.807, 2.05) is 0 Å². The average Bonchev–Trinajstić information content (AvgIpc) is 3.38. The molecule has 0 bridgehead atoms. The van der Waals surface area contributed by atoms with Gasteiger partial charge >= 0.3 is 17.9 Å². The van der Waals surface area contributed by atoms with Gasteiger partial charge in [0.2, 0.25) is 0 Å². The molecule has 0 radical (unpaired) electrons. The Hall–Kier alpha value is -2.37. The highest BCUT2D eigenvalue weighted by Gasteiger charge is 2.19. The van der Waals surface area contributed by atoms with Gasteiger partial charge in [-0.1, -0.05) is 288 Å². The van der Waals surface area contributed by atoms with Gasteiger partial charge in [0, 0.05) is 19.3 Å². The second kappa shape index (κ2) is 61.2. The van der Waals surface area contributed by atoms with Gasteiger partial charge in [0.1, 0.15) is 13.2 Å². The standard InChI is InChI=1S/C66H122O6/c1-4-7-10-13-15-17-19-21-23-25-27-28-29-30-31-32-33-34-35-36-37-38-39-41-42-44-46-48-50-53-56-59-65(68)71-62-63(61-70-64(67)58-55-52-12-9-6-3)72-66(69)60-57-54-51-49-47-45-43-40-26-24-22-20-18-16-14-11-8-5-2/h19,21,24-27,63H,4-18,20,22-23,28-62H2,1-3H3/b21-19-,26-24-,27-25-. The van der Waals surface area contributed by atoms with Crippen LogP contribution in [0.15, 0.2) is 36.5 Å². The molecule has 0 aromatic carbocycles. The lowest BCUT2D eigenvalue weighted by atomic mass is 10.0. The Balaban J connectivity index is 3.93. The second-order valence-electron chi connectivity index (χ2n) is 21.7. The first kappa shape index (κ1) is 69.6. The number of carbonyl (C=O) groups excluding carboxylic acids is 3. The maximum absolute atomic E-state index is 12.8. The first-order chi connectivity index (χ1) is 35.5. The Morgan fingerprint density at radius 1 is 0.278 bits per heavy atom. The predicted molar refractivity (Wildman–Crippen MR) is 312 cm³/mol. The zero-order chi connectivity index (χ0) is 52.2. The number of allylic oxidation sites excluding steroid dienone is 6. The molecule has 0 aliphatic heterocycles. The zero-order valence-corrected chi connectivity index (χ0v) is 48.5. The van der Waals surface area contributed by atoms with Crippen molar-refractivity contribution in [3.05, 3.63) is 36.5 Å². The predicted octanol–water partition coefficient (Wildman–Crippen LogP) is 21.6. The topological polar surface area (TPSA) is 78.9 Å². The van der Waals surface area contributed by atoms with Crippen LogP contribution in [0.3, 0.4) is 0 Å². The summed E-state index contributed by atoms with van der Waals surface area (Å²) in [5, 5.41) is 0. The lowest BCUT2D eigenvalue weighted by Crippen LogP contribution is -2.30. The Labute approximate surface area is 448 Å². The van der Waals surface area contributed by atoms with Crippen LogP contribution in [-0.2, 0) is 28.6 Å². The first-order valence-electron chi connectivity index (χ1n) is 32.0. The van der Waals surface area contributed by atoms with Gasteiger partial charge in [-0.25, -0.2) is 0 Å². The van der Waals surface area contributed by atoms with Crippen molar-refractivity contribution in [3.8, 4) is 0 Å². The first-order valence-corrected chi connectivity index (χ1v) is 32.0. The maximum atomic E-state index is 12.8. The molecule has 0 saturated carbocycles. The van der Waals surface area contributed by atoms with E-state index < -0.39 is 6.10 Å². The Kier molecular flexibility index (Phi) is 59.2. The van der Waals surface area contributed by atoms with Crippen LogP contribution >= 0.6 is 0 Å². The Morgan fingerprint density at radius 2 is 0.500 bits per heavy atom. The van der Waals surface area contributed by atoms with Crippen molar-refractivity contribution in [2.75, 3.05) is 13.2 Å². The minimum atomic E-state index is -0.768. The smallest absolute Gasteiger partial charge is 0.306 e. The van der Waals surface area contributed by atoms with Crippen LogP contribution in [0, 0.1) is 0 Å². The molecule has 0 spiro atoms. The van der Waals surface area contributed by atoms with Crippen molar-refractivity contribution in [3.63, 3.8) is 0 Å². The molecule has 0 rings (SSSR count). The van der Waals surface area contributed by atoms with Crippen molar-refractivity contribution in [2.45, 2.75) is 354 Å². The van der Waals surface area contributed by atoms with Crippen molar-refractivity contribution in [1.82, 2.24) is 0 Å². The highest BCUT2D eigenvalue weighted by atomic mass is 16.6. The molecule has 0 aliphatic carbocycles. The van der Waals surface area contributed by atoms with E-state index in [0.717, 1.165) is 70.6 Å². The highest BCUT2D eigenvalue weighted by molar-refractivity contribution is 5.71. The van der Waals surface area contributed by atoms with Crippen LogP contribution in [0.2, 0.25) is 0 Å². The second-order valence-corrected chi connectivity index (χ2v) is 21.7. The van der Waals surface area contributed by atoms with Crippen LogP contribution < -0.4 is 0 Å². The molecular formula is C66H122O6. The summed E-state index contributed by atoms with van der Waals surface area (Å²) in [4.78, 5) is 37.9. The van der Waals surface area contributed by atoms with Crippen LogP contribution in [0.1, 0.15) is 348 Å². The molecule has 0 heterocycles. The van der Waals surface area contributed by atoms with Gasteiger partial charge in [-0.15, -0.1) is 0 Å². The molecule has 0 saturated heterocycles. The third kappa shape index (κ3) is 58.5. The number of carbonyl (C=O) groups is 3. The van der Waals surface area contributed by atoms with Crippen molar-refractivity contribution in [2.24, 2.45) is 0 Å². The number of hydrogen-bond donors (Lipinski definition) is 0. The molecule has 6 nitrogen and oxygen atoms in total.